The maximum absolute atomic E-state index is 12.3. The highest BCUT2D eigenvalue weighted by atomic mass is 35.5. The summed E-state index contributed by atoms with van der Waals surface area (Å²) in [4.78, 5) is 14.2. The molecule has 1 aromatic carbocycles. The molecule has 116 valence electrons. The van der Waals surface area contributed by atoms with Gasteiger partial charge in [0.2, 0.25) is 5.91 Å². The van der Waals surface area contributed by atoms with E-state index >= 15 is 0 Å². The number of carbonyl (C=O) groups excluding carboxylic acids is 1. The van der Waals surface area contributed by atoms with Gasteiger partial charge >= 0.3 is 0 Å². The summed E-state index contributed by atoms with van der Waals surface area (Å²) >= 11 is 5.91. The number of benzene rings is 1. The van der Waals surface area contributed by atoms with Crippen molar-refractivity contribution in [3.63, 3.8) is 0 Å². The molecule has 1 aliphatic rings. The normalized spacial score (nSPS) is 20.0. The highest BCUT2D eigenvalue weighted by Crippen LogP contribution is 2.22. The number of rotatable bonds is 5. The van der Waals surface area contributed by atoms with E-state index < -0.39 is 0 Å². The Labute approximate surface area is 132 Å². The summed E-state index contributed by atoms with van der Waals surface area (Å²) in [6.45, 7) is 3.15. The van der Waals surface area contributed by atoms with Crippen molar-refractivity contribution in [2.75, 3.05) is 13.6 Å². The van der Waals surface area contributed by atoms with E-state index in [0.717, 1.165) is 23.6 Å². The summed E-state index contributed by atoms with van der Waals surface area (Å²) in [5, 5.41) is 4.22. The first-order valence-corrected chi connectivity index (χ1v) is 8.20. The third kappa shape index (κ3) is 4.72. The summed E-state index contributed by atoms with van der Waals surface area (Å²) < 4.78 is 0. The molecule has 2 unspecified atom stereocenters. The third-order valence-electron chi connectivity index (χ3n) is 4.45. The Kier molecular flexibility index (Phi) is 6.07. The second-order valence-electron chi connectivity index (χ2n) is 5.92. The van der Waals surface area contributed by atoms with Gasteiger partial charge in [0.25, 0.3) is 0 Å². The van der Waals surface area contributed by atoms with Gasteiger partial charge in [0.15, 0.2) is 0 Å². The standard InChI is InChI=1S/C17H25ClN2O/c1-13(14-6-8-15(18)9-7-14)20(2)17(21)11-10-16-5-3-4-12-19-16/h6-9,13,16,19H,3-5,10-12H2,1-2H3. The van der Waals surface area contributed by atoms with Gasteiger partial charge in [0.05, 0.1) is 6.04 Å². The first kappa shape index (κ1) is 16.3. The van der Waals surface area contributed by atoms with Crippen molar-refractivity contribution in [2.45, 2.75) is 51.1 Å². The Balaban J connectivity index is 1.84. The third-order valence-corrected chi connectivity index (χ3v) is 4.70. The smallest absolute Gasteiger partial charge is 0.222 e. The quantitative estimate of drug-likeness (QED) is 0.897. The van der Waals surface area contributed by atoms with Crippen molar-refractivity contribution in [3.8, 4) is 0 Å². The molecule has 1 aromatic rings. The fraction of sp³-hybridized carbons (Fsp3) is 0.588. The molecule has 0 saturated carbocycles. The molecule has 2 rings (SSSR count). The molecule has 0 bridgehead atoms. The largest absolute Gasteiger partial charge is 0.339 e. The number of hydrogen-bond donors (Lipinski definition) is 1. The molecular weight excluding hydrogens is 284 g/mol. The van der Waals surface area contributed by atoms with Crippen LogP contribution in [0.3, 0.4) is 0 Å². The molecule has 21 heavy (non-hydrogen) atoms. The van der Waals surface area contributed by atoms with Crippen molar-refractivity contribution in [3.05, 3.63) is 34.9 Å². The number of halogens is 1. The molecule has 2 atom stereocenters. The predicted molar refractivity (Wildman–Crippen MR) is 87.5 cm³/mol. The molecule has 1 N–H and O–H groups in total. The van der Waals surface area contributed by atoms with Crippen molar-refractivity contribution < 1.29 is 4.79 Å². The van der Waals surface area contributed by atoms with Crippen LogP contribution in [0.4, 0.5) is 0 Å². The van der Waals surface area contributed by atoms with E-state index in [1.165, 1.54) is 19.3 Å². The molecule has 1 aliphatic heterocycles. The zero-order valence-electron chi connectivity index (χ0n) is 12.9. The molecule has 1 fully saturated rings. The van der Waals surface area contributed by atoms with Crippen molar-refractivity contribution in [1.29, 1.82) is 0 Å². The lowest BCUT2D eigenvalue weighted by molar-refractivity contribution is -0.132. The van der Waals surface area contributed by atoms with Gasteiger partial charge in [0, 0.05) is 24.5 Å². The molecular formula is C17H25ClN2O. The van der Waals surface area contributed by atoms with E-state index in [-0.39, 0.29) is 11.9 Å². The monoisotopic (exact) mass is 308 g/mol. The summed E-state index contributed by atoms with van der Waals surface area (Å²) in [6, 6.07) is 8.31. The molecule has 0 aromatic heterocycles. The molecule has 1 heterocycles. The van der Waals surface area contributed by atoms with Gasteiger partial charge in [-0.05, 0) is 50.4 Å². The Morgan fingerprint density at radius 2 is 2.10 bits per heavy atom. The Morgan fingerprint density at radius 1 is 1.38 bits per heavy atom. The van der Waals surface area contributed by atoms with Crippen LogP contribution < -0.4 is 5.32 Å². The van der Waals surface area contributed by atoms with E-state index in [1.807, 2.05) is 36.2 Å². The summed E-state index contributed by atoms with van der Waals surface area (Å²) in [5.41, 5.74) is 1.12. The average molecular weight is 309 g/mol. The molecule has 0 spiro atoms. The van der Waals surface area contributed by atoms with Gasteiger partial charge in [-0.15, -0.1) is 0 Å². The Morgan fingerprint density at radius 3 is 2.71 bits per heavy atom. The summed E-state index contributed by atoms with van der Waals surface area (Å²) in [6.07, 6.45) is 5.30. The maximum Gasteiger partial charge on any atom is 0.222 e. The topological polar surface area (TPSA) is 32.3 Å². The Bertz CT molecular complexity index is 454. The van der Waals surface area contributed by atoms with Crippen LogP contribution in [0.25, 0.3) is 0 Å². The molecule has 0 aliphatic carbocycles. The van der Waals surface area contributed by atoms with Gasteiger partial charge in [-0.1, -0.05) is 30.2 Å². The number of amides is 1. The van der Waals surface area contributed by atoms with Crippen LogP contribution in [0.2, 0.25) is 5.02 Å². The lowest BCUT2D eigenvalue weighted by Gasteiger charge is -2.27. The van der Waals surface area contributed by atoms with Gasteiger partial charge < -0.3 is 10.2 Å². The number of nitrogens with one attached hydrogen (secondary N) is 1. The van der Waals surface area contributed by atoms with Crippen LogP contribution in [0.5, 0.6) is 0 Å². The molecule has 4 heteroatoms. The molecule has 1 saturated heterocycles. The first-order valence-electron chi connectivity index (χ1n) is 7.82. The van der Waals surface area contributed by atoms with Crippen LogP contribution in [-0.2, 0) is 4.79 Å². The lowest BCUT2D eigenvalue weighted by Crippen LogP contribution is -2.36. The van der Waals surface area contributed by atoms with E-state index in [0.29, 0.717) is 12.5 Å². The van der Waals surface area contributed by atoms with Crippen molar-refractivity contribution in [2.24, 2.45) is 0 Å². The van der Waals surface area contributed by atoms with E-state index in [4.69, 9.17) is 11.6 Å². The van der Waals surface area contributed by atoms with Crippen LogP contribution >= 0.6 is 11.6 Å². The molecule has 0 radical (unpaired) electrons. The predicted octanol–water partition coefficient (Wildman–Crippen LogP) is 3.78. The summed E-state index contributed by atoms with van der Waals surface area (Å²) in [5.74, 6) is 0.213. The van der Waals surface area contributed by atoms with Gasteiger partial charge in [0.1, 0.15) is 0 Å². The van der Waals surface area contributed by atoms with Crippen LogP contribution in [0, 0.1) is 0 Å². The van der Waals surface area contributed by atoms with Crippen molar-refractivity contribution in [1.82, 2.24) is 10.2 Å². The fourth-order valence-electron chi connectivity index (χ4n) is 2.83. The SMILES string of the molecule is CC(c1ccc(Cl)cc1)N(C)C(=O)CCC1CCCCN1. The van der Waals surface area contributed by atoms with E-state index in [1.54, 1.807) is 0 Å². The average Bonchev–Trinajstić information content (AvgIpc) is 2.53. The van der Waals surface area contributed by atoms with E-state index in [2.05, 4.69) is 12.2 Å². The molecule has 3 nitrogen and oxygen atoms in total. The number of carbonyl (C=O) groups is 1. The second kappa shape index (κ2) is 7.81. The minimum absolute atomic E-state index is 0.0779. The maximum atomic E-state index is 12.3. The highest BCUT2D eigenvalue weighted by molar-refractivity contribution is 6.30. The van der Waals surface area contributed by atoms with E-state index in [9.17, 15) is 4.79 Å². The number of hydrogen-bond acceptors (Lipinski definition) is 2. The van der Waals surface area contributed by atoms with Crippen molar-refractivity contribution >= 4 is 17.5 Å². The van der Waals surface area contributed by atoms with Crippen LogP contribution in [0.15, 0.2) is 24.3 Å². The van der Waals surface area contributed by atoms with Crippen LogP contribution in [0.1, 0.15) is 50.6 Å². The first-order chi connectivity index (χ1) is 10.1. The zero-order valence-corrected chi connectivity index (χ0v) is 13.7. The highest BCUT2D eigenvalue weighted by Gasteiger charge is 2.19. The summed E-state index contributed by atoms with van der Waals surface area (Å²) in [7, 11) is 1.88. The molecule has 1 amide bonds. The van der Waals surface area contributed by atoms with Gasteiger partial charge in [-0.3, -0.25) is 4.79 Å². The van der Waals surface area contributed by atoms with Gasteiger partial charge in [-0.25, -0.2) is 0 Å². The second-order valence-corrected chi connectivity index (χ2v) is 6.35. The fourth-order valence-corrected chi connectivity index (χ4v) is 2.95. The van der Waals surface area contributed by atoms with Gasteiger partial charge in [-0.2, -0.15) is 0 Å². The zero-order chi connectivity index (χ0) is 15.2. The Hall–Kier alpha value is -1.06. The minimum atomic E-state index is 0.0779. The minimum Gasteiger partial charge on any atom is -0.339 e. The van der Waals surface area contributed by atoms with Crippen LogP contribution in [-0.4, -0.2) is 30.4 Å². The number of nitrogens with zero attached hydrogens (tertiary/aromatic N) is 1. The lowest BCUT2D eigenvalue weighted by atomic mass is 10.00. The number of piperidine rings is 1.